The molecule has 1 heterocycles. The Morgan fingerprint density at radius 2 is 2.05 bits per heavy atom. The summed E-state index contributed by atoms with van der Waals surface area (Å²) in [6.45, 7) is 9.12. The van der Waals surface area contributed by atoms with Crippen molar-refractivity contribution in [3.05, 3.63) is 24.3 Å². The molecular formula is C16H26N2O. The van der Waals surface area contributed by atoms with Gasteiger partial charge in [0, 0.05) is 18.8 Å². The Morgan fingerprint density at radius 1 is 1.32 bits per heavy atom. The highest BCUT2D eigenvalue weighted by molar-refractivity contribution is 5.41. The highest BCUT2D eigenvalue weighted by atomic mass is 16.5. The van der Waals surface area contributed by atoms with E-state index in [1.807, 2.05) is 24.3 Å². The second-order valence-electron chi connectivity index (χ2n) is 5.86. The molecule has 0 bridgehead atoms. The van der Waals surface area contributed by atoms with E-state index in [2.05, 4.69) is 18.7 Å². The van der Waals surface area contributed by atoms with Crippen molar-refractivity contribution in [2.75, 3.05) is 32.0 Å². The minimum absolute atomic E-state index is 0.782. The summed E-state index contributed by atoms with van der Waals surface area (Å²) in [6.07, 6.45) is 2.45. The number of anilines is 1. The van der Waals surface area contributed by atoms with E-state index in [0.29, 0.717) is 0 Å². The molecule has 106 valence electrons. The van der Waals surface area contributed by atoms with Gasteiger partial charge in [-0.1, -0.05) is 13.8 Å². The molecule has 0 aromatic heterocycles. The molecule has 1 unspecified atom stereocenters. The highest BCUT2D eigenvalue weighted by Crippen LogP contribution is 2.23. The van der Waals surface area contributed by atoms with Gasteiger partial charge in [-0.15, -0.1) is 0 Å². The van der Waals surface area contributed by atoms with Crippen molar-refractivity contribution in [2.24, 2.45) is 11.8 Å². The lowest BCUT2D eigenvalue weighted by molar-refractivity contribution is 0.253. The fraction of sp³-hybridized carbons (Fsp3) is 0.625. The third-order valence-electron chi connectivity index (χ3n) is 4.02. The van der Waals surface area contributed by atoms with Gasteiger partial charge in [-0.3, -0.25) is 0 Å². The van der Waals surface area contributed by atoms with Crippen molar-refractivity contribution in [2.45, 2.75) is 26.7 Å². The standard InChI is InChI=1S/C16H26N2O/c1-13(2)14-8-10-18(12-14)9-3-11-19-16-6-4-15(17)5-7-16/h4-7,13-14H,3,8-12,17H2,1-2H3. The van der Waals surface area contributed by atoms with Gasteiger partial charge in [0.15, 0.2) is 0 Å². The summed E-state index contributed by atoms with van der Waals surface area (Å²) >= 11 is 0. The fourth-order valence-electron chi connectivity index (χ4n) is 2.65. The Bertz CT molecular complexity index is 375. The molecule has 1 saturated heterocycles. The molecular weight excluding hydrogens is 236 g/mol. The Labute approximate surface area is 116 Å². The molecule has 2 rings (SSSR count). The van der Waals surface area contributed by atoms with Crippen LogP contribution in [0.25, 0.3) is 0 Å². The average Bonchev–Trinajstić information content (AvgIpc) is 2.86. The summed E-state index contributed by atoms with van der Waals surface area (Å²) in [6, 6.07) is 7.62. The Hall–Kier alpha value is -1.22. The quantitative estimate of drug-likeness (QED) is 0.632. The van der Waals surface area contributed by atoms with E-state index >= 15 is 0 Å². The van der Waals surface area contributed by atoms with Crippen LogP contribution in [-0.4, -0.2) is 31.1 Å². The molecule has 0 saturated carbocycles. The molecule has 1 aliphatic rings. The number of rotatable bonds is 6. The van der Waals surface area contributed by atoms with Crippen LogP contribution in [0.1, 0.15) is 26.7 Å². The first-order valence-corrected chi connectivity index (χ1v) is 7.36. The molecule has 3 heteroatoms. The van der Waals surface area contributed by atoms with E-state index in [1.54, 1.807) is 0 Å². The van der Waals surface area contributed by atoms with Crippen LogP contribution >= 0.6 is 0 Å². The van der Waals surface area contributed by atoms with E-state index in [1.165, 1.54) is 19.5 Å². The number of nitrogen functional groups attached to an aromatic ring is 1. The number of nitrogens with two attached hydrogens (primary N) is 1. The maximum absolute atomic E-state index is 5.71. The topological polar surface area (TPSA) is 38.5 Å². The zero-order chi connectivity index (χ0) is 13.7. The van der Waals surface area contributed by atoms with E-state index in [4.69, 9.17) is 10.5 Å². The van der Waals surface area contributed by atoms with Crippen LogP contribution in [0.2, 0.25) is 0 Å². The lowest BCUT2D eigenvalue weighted by atomic mass is 9.95. The van der Waals surface area contributed by atoms with E-state index < -0.39 is 0 Å². The van der Waals surface area contributed by atoms with Gasteiger partial charge in [-0.2, -0.15) is 0 Å². The van der Waals surface area contributed by atoms with Crippen LogP contribution in [0, 0.1) is 11.8 Å². The van der Waals surface area contributed by atoms with Crippen molar-refractivity contribution < 1.29 is 4.74 Å². The van der Waals surface area contributed by atoms with Crippen LogP contribution in [0.3, 0.4) is 0 Å². The third-order valence-corrected chi connectivity index (χ3v) is 4.02. The maximum atomic E-state index is 5.71. The lowest BCUT2D eigenvalue weighted by Gasteiger charge is -2.17. The summed E-state index contributed by atoms with van der Waals surface area (Å²) in [5.74, 6) is 2.62. The minimum atomic E-state index is 0.782. The SMILES string of the molecule is CC(C)C1CCN(CCCOc2ccc(N)cc2)C1. The molecule has 1 aliphatic heterocycles. The number of benzene rings is 1. The number of likely N-dealkylation sites (tertiary alicyclic amines) is 1. The van der Waals surface area contributed by atoms with Gasteiger partial charge < -0.3 is 15.4 Å². The van der Waals surface area contributed by atoms with Gasteiger partial charge in [-0.25, -0.2) is 0 Å². The number of nitrogens with zero attached hydrogens (tertiary/aromatic N) is 1. The molecule has 3 nitrogen and oxygen atoms in total. The Balaban J connectivity index is 1.61. The van der Waals surface area contributed by atoms with E-state index in [-0.39, 0.29) is 0 Å². The van der Waals surface area contributed by atoms with Gasteiger partial charge in [0.1, 0.15) is 5.75 Å². The Morgan fingerprint density at radius 3 is 2.68 bits per heavy atom. The van der Waals surface area contributed by atoms with Crippen molar-refractivity contribution in [3.8, 4) is 5.75 Å². The smallest absolute Gasteiger partial charge is 0.119 e. The van der Waals surface area contributed by atoms with Gasteiger partial charge in [0.25, 0.3) is 0 Å². The largest absolute Gasteiger partial charge is 0.494 e. The minimum Gasteiger partial charge on any atom is -0.494 e. The molecule has 1 aromatic rings. The normalized spacial score (nSPS) is 20.1. The van der Waals surface area contributed by atoms with Crippen molar-refractivity contribution in [1.82, 2.24) is 4.90 Å². The summed E-state index contributed by atoms with van der Waals surface area (Å²) in [5, 5.41) is 0. The summed E-state index contributed by atoms with van der Waals surface area (Å²) in [4.78, 5) is 2.57. The second kappa shape index (κ2) is 6.80. The summed E-state index contributed by atoms with van der Waals surface area (Å²) in [5.41, 5.74) is 6.42. The molecule has 1 fully saturated rings. The Kier molecular flexibility index (Phi) is 5.08. The summed E-state index contributed by atoms with van der Waals surface area (Å²) in [7, 11) is 0. The van der Waals surface area contributed by atoms with Crippen LogP contribution in [0.5, 0.6) is 5.75 Å². The molecule has 19 heavy (non-hydrogen) atoms. The molecule has 1 aromatic carbocycles. The van der Waals surface area contributed by atoms with E-state index in [0.717, 1.165) is 42.8 Å². The van der Waals surface area contributed by atoms with Crippen LogP contribution in [0.15, 0.2) is 24.3 Å². The molecule has 0 aliphatic carbocycles. The number of hydrogen-bond acceptors (Lipinski definition) is 3. The number of hydrogen-bond donors (Lipinski definition) is 1. The monoisotopic (exact) mass is 262 g/mol. The molecule has 0 spiro atoms. The predicted molar refractivity (Wildman–Crippen MR) is 80.4 cm³/mol. The fourth-order valence-corrected chi connectivity index (χ4v) is 2.65. The first-order chi connectivity index (χ1) is 9.15. The molecule has 1 atom stereocenters. The summed E-state index contributed by atoms with van der Waals surface area (Å²) < 4.78 is 5.71. The zero-order valence-corrected chi connectivity index (χ0v) is 12.1. The third kappa shape index (κ3) is 4.43. The van der Waals surface area contributed by atoms with Crippen LogP contribution in [-0.2, 0) is 0 Å². The van der Waals surface area contributed by atoms with Gasteiger partial charge >= 0.3 is 0 Å². The average molecular weight is 262 g/mol. The zero-order valence-electron chi connectivity index (χ0n) is 12.1. The van der Waals surface area contributed by atoms with Crippen molar-refractivity contribution in [3.63, 3.8) is 0 Å². The van der Waals surface area contributed by atoms with Crippen molar-refractivity contribution in [1.29, 1.82) is 0 Å². The first kappa shape index (κ1) is 14.2. The lowest BCUT2D eigenvalue weighted by Crippen LogP contribution is -2.24. The second-order valence-corrected chi connectivity index (χ2v) is 5.86. The predicted octanol–water partition coefficient (Wildman–Crippen LogP) is 3.02. The number of ether oxygens (including phenoxy) is 1. The van der Waals surface area contributed by atoms with Crippen LogP contribution in [0.4, 0.5) is 5.69 Å². The van der Waals surface area contributed by atoms with Crippen molar-refractivity contribution >= 4 is 5.69 Å². The molecule has 0 radical (unpaired) electrons. The van der Waals surface area contributed by atoms with Gasteiger partial charge in [0.2, 0.25) is 0 Å². The maximum Gasteiger partial charge on any atom is 0.119 e. The van der Waals surface area contributed by atoms with Gasteiger partial charge in [0.05, 0.1) is 6.61 Å². The first-order valence-electron chi connectivity index (χ1n) is 7.36. The molecule has 2 N–H and O–H groups in total. The van der Waals surface area contributed by atoms with Gasteiger partial charge in [-0.05, 0) is 55.5 Å². The molecule has 0 amide bonds. The van der Waals surface area contributed by atoms with E-state index in [9.17, 15) is 0 Å². The highest BCUT2D eigenvalue weighted by Gasteiger charge is 2.23. The van der Waals surface area contributed by atoms with Crippen LogP contribution < -0.4 is 10.5 Å².